The van der Waals surface area contributed by atoms with Crippen LogP contribution in [0.4, 0.5) is 4.79 Å². The molecule has 1 aromatic carbocycles. The average molecular weight is 654 g/mol. The van der Waals surface area contributed by atoms with Gasteiger partial charge in [0, 0.05) is 25.8 Å². The minimum Gasteiger partial charge on any atom is -0.479 e. The highest BCUT2D eigenvalue weighted by Gasteiger charge is 2.61. The number of carboxylic acids is 1. The second-order valence-corrected chi connectivity index (χ2v) is 13.2. The van der Waals surface area contributed by atoms with Crippen LogP contribution in [0.2, 0.25) is 0 Å². The second-order valence-electron chi connectivity index (χ2n) is 13.2. The number of aliphatic carboxylic acids is 1. The van der Waals surface area contributed by atoms with Crippen LogP contribution in [-0.4, -0.2) is 82.0 Å². The summed E-state index contributed by atoms with van der Waals surface area (Å²) in [6.07, 6.45) is 4.44. The summed E-state index contributed by atoms with van der Waals surface area (Å²) in [5.41, 5.74) is -0.678. The van der Waals surface area contributed by atoms with Crippen LogP contribution in [0.25, 0.3) is 0 Å². The Labute approximate surface area is 275 Å². The van der Waals surface area contributed by atoms with Crippen molar-refractivity contribution in [3.05, 3.63) is 48.6 Å². The standard InChI is InChI=1S/C34H47N5O8/c1-5-24-17-34(24,32(44)45)38-29(41)26-16-25(47-33(46)35-18-22-12-8-6-9-13-22)19-39(26)31(43)27(20(2)3)37-30(42)28(36-21(4)40)23-14-10-7-11-15-23/h5-6,8-9,12-13,20,23-28H,1,7,10-11,14-19H2,2-4H3,(H,35,46)(H,36,40)(H,37,42)(H,38,41)(H,44,45)/t24-,25-,26+,27+,28+,34-/m1/s1. The Balaban J connectivity index is 1.52. The van der Waals surface area contributed by atoms with Gasteiger partial charge in [-0.25, -0.2) is 9.59 Å². The predicted octanol–water partition coefficient (Wildman–Crippen LogP) is 2.25. The molecule has 2 aliphatic carbocycles. The van der Waals surface area contributed by atoms with E-state index in [1.54, 1.807) is 13.8 Å². The number of ether oxygens (including phenoxy) is 1. The number of nitrogens with one attached hydrogen (secondary N) is 4. The summed E-state index contributed by atoms with van der Waals surface area (Å²) in [5, 5.41) is 20.8. The molecule has 1 saturated heterocycles. The van der Waals surface area contributed by atoms with Crippen molar-refractivity contribution >= 4 is 35.7 Å². The molecule has 4 rings (SSSR count). The molecule has 0 bridgehead atoms. The zero-order valence-electron chi connectivity index (χ0n) is 27.3. The van der Waals surface area contributed by atoms with Crippen molar-refractivity contribution in [1.29, 1.82) is 0 Å². The molecule has 6 atom stereocenters. The van der Waals surface area contributed by atoms with Gasteiger partial charge in [0.05, 0.1) is 6.54 Å². The number of rotatable bonds is 13. The Morgan fingerprint density at radius 1 is 1.06 bits per heavy atom. The molecule has 1 aromatic rings. The lowest BCUT2D eigenvalue weighted by molar-refractivity contribution is -0.146. The highest BCUT2D eigenvalue weighted by molar-refractivity contribution is 5.97. The first kappa shape index (κ1) is 35.4. The second kappa shape index (κ2) is 15.4. The van der Waals surface area contributed by atoms with Crippen LogP contribution in [0.5, 0.6) is 0 Å². The number of carbonyl (C=O) groups is 6. The molecule has 0 spiro atoms. The van der Waals surface area contributed by atoms with Crippen LogP contribution < -0.4 is 21.3 Å². The summed E-state index contributed by atoms with van der Waals surface area (Å²) in [7, 11) is 0. The van der Waals surface area contributed by atoms with E-state index in [-0.39, 0.29) is 37.8 Å². The minimum absolute atomic E-state index is 0.0693. The molecule has 0 unspecified atom stereocenters. The largest absolute Gasteiger partial charge is 0.479 e. The molecule has 1 heterocycles. The van der Waals surface area contributed by atoms with Gasteiger partial charge >= 0.3 is 12.1 Å². The quantitative estimate of drug-likeness (QED) is 0.201. The van der Waals surface area contributed by atoms with Gasteiger partial charge in [0.2, 0.25) is 23.6 Å². The van der Waals surface area contributed by atoms with Crippen LogP contribution in [-0.2, 0) is 35.3 Å². The zero-order chi connectivity index (χ0) is 34.3. The molecule has 3 aliphatic rings. The number of carboxylic acid groups (broad SMARTS) is 1. The molecule has 0 aromatic heterocycles. The van der Waals surface area contributed by atoms with E-state index in [1.807, 2.05) is 30.3 Å². The Bertz CT molecular complexity index is 1350. The molecule has 1 aliphatic heterocycles. The van der Waals surface area contributed by atoms with E-state index in [9.17, 15) is 33.9 Å². The Hall–Kier alpha value is -4.42. The molecule has 13 nitrogen and oxygen atoms in total. The molecule has 3 fully saturated rings. The van der Waals surface area contributed by atoms with Crippen molar-refractivity contribution in [2.24, 2.45) is 17.8 Å². The summed E-state index contributed by atoms with van der Waals surface area (Å²) in [6, 6.07) is 6.16. The summed E-state index contributed by atoms with van der Waals surface area (Å²) in [5.74, 6) is -4.27. The maximum Gasteiger partial charge on any atom is 0.407 e. The molecule has 47 heavy (non-hydrogen) atoms. The number of hydrogen-bond acceptors (Lipinski definition) is 7. The van der Waals surface area contributed by atoms with Crippen LogP contribution in [0.1, 0.15) is 71.3 Å². The summed E-state index contributed by atoms with van der Waals surface area (Å²) < 4.78 is 5.62. The van der Waals surface area contributed by atoms with Gasteiger partial charge in [-0.3, -0.25) is 19.2 Å². The van der Waals surface area contributed by atoms with E-state index in [0.717, 1.165) is 37.7 Å². The maximum atomic E-state index is 14.2. The van der Waals surface area contributed by atoms with Gasteiger partial charge < -0.3 is 36.0 Å². The number of carbonyl (C=O) groups excluding carboxylic acids is 5. The fourth-order valence-corrected chi connectivity index (χ4v) is 6.68. The fourth-order valence-electron chi connectivity index (χ4n) is 6.68. The Morgan fingerprint density at radius 3 is 2.32 bits per heavy atom. The first-order valence-electron chi connectivity index (χ1n) is 16.4. The molecular formula is C34H47N5O8. The van der Waals surface area contributed by atoms with Gasteiger partial charge in [-0.15, -0.1) is 6.58 Å². The normalized spacial score (nSPS) is 25.2. The highest BCUT2D eigenvalue weighted by Crippen LogP contribution is 2.45. The van der Waals surface area contributed by atoms with E-state index in [4.69, 9.17) is 4.74 Å². The van der Waals surface area contributed by atoms with Crippen molar-refractivity contribution in [3.63, 3.8) is 0 Å². The lowest BCUT2D eigenvalue weighted by atomic mass is 9.83. The SMILES string of the molecule is C=C[C@@H]1C[C@]1(NC(=O)[C@@H]1C[C@@H](OC(=O)NCc2ccccc2)CN1C(=O)[C@@H](NC(=O)[C@@H](NC(C)=O)C1CCCCC1)C(C)C)C(=O)O. The van der Waals surface area contributed by atoms with Crippen molar-refractivity contribution < 1.29 is 38.6 Å². The fraction of sp³-hybridized carbons (Fsp3) is 0.588. The molecule has 2 saturated carbocycles. The highest BCUT2D eigenvalue weighted by atomic mass is 16.6. The van der Waals surface area contributed by atoms with Gasteiger partial charge in [-0.1, -0.05) is 69.5 Å². The molecular weight excluding hydrogens is 606 g/mol. The van der Waals surface area contributed by atoms with Gasteiger partial charge in [-0.2, -0.15) is 0 Å². The molecule has 0 radical (unpaired) electrons. The molecule has 5 amide bonds. The van der Waals surface area contributed by atoms with Gasteiger partial charge in [-0.05, 0) is 36.7 Å². The van der Waals surface area contributed by atoms with Crippen molar-refractivity contribution in [2.45, 2.75) is 102 Å². The molecule has 5 N–H and O–H groups in total. The summed E-state index contributed by atoms with van der Waals surface area (Å²) in [6.45, 7) is 8.58. The van der Waals surface area contributed by atoms with Crippen molar-refractivity contribution in [2.75, 3.05) is 6.54 Å². The Morgan fingerprint density at radius 2 is 1.74 bits per heavy atom. The van der Waals surface area contributed by atoms with Crippen LogP contribution >= 0.6 is 0 Å². The van der Waals surface area contributed by atoms with Gasteiger partial charge in [0.15, 0.2) is 0 Å². The summed E-state index contributed by atoms with van der Waals surface area (Å²) in [4.78, 5) is 79.6. The van der Waals surface area contributed by atoms with E-state index in [1.165, 1.54) is 17.9 Å². The van der Waals surface area contributed by atoms with Crippen molar-refractivity contribution in [3.8, 4) is 0 Å². The first-order chi connectivity index (χ1) is 22.4. The minimum atomic E-state index is -1.53. The number of nitrogens with zero attached hydrogens (tertiary/aromatic N) is 1. The lowest BCUT2D eigenvalue weighted by Gasteiger charge is -2.34. The van der Waals surface area contributed by atoms with Crippen LogP contribution in [0, 0.1) is 17.8 Å². The number of amides is 5. The first-order valence-corrected chi connectivity index (χ1v) is 16.4. The third kappa shape index (κ3) is 8.69. The zero-order valence-corrected chi connectivity index (χ0v) is 27.3. The smallest absolute Gasteiger partial charge is 0.407 e. The van der Waals surface area contributed by atoms with E-state index >= 15 is 0 Å². The van der Waals surface area contributed by atoms with E-state index in [2.05, 4.69) is 27.8 Å². The van der Waals surface area contributed by atoms with Gasteiger partial charge in [0.25, 0.3) is 0 Å². The Kier molecular flexibility index (Phi) is 11.6. The molecule has 13 heteroatoms. The van der Waals surface area contributed by atoms with E-state index in [0.29, 0.717) is 0 Å². The topological polar surface area (TPSA) is 183 Å². The predicted molar refractivity (Wildman–Crippen MR) is 171 cm³/mol. The van der Waals surface area contributed by atoms with Crippen LogP contribution in [0.3, 0.4) is 0 Å². The monoisotopic (exact) mass is 653 g/mol. The third-order valence-electron chi connectivity index (χ3n) is 9.42. The van der Waals surface area contributed by atoms with E-state index < -0.39 is 71.4 Å². The third-order valence-corrected chi connectivity index (χ3v) is 9.42. The number of hydrogen-bond donors (Lipinski definition) is 5. The van der Waals surface area contributed by atoms with Gasteiger partial charge in [0.1, 0.15) is 29.8 Å². The van der Waals surface area contributed by atoms with Crippen LogP contribution in [0.15, 0.2) is 43.0 Å². The molecule has 256 valence electrons. The summed E-state index contributed by atoms with van der Waals surface area (Å²) >= 11 is 0. The number of likely N-dealkylation sites (tertiary alicyclic amines) is 1. The maximum absolute atomic E-state index is 14.2. The van der Waals surface area contributed by atoms with Crippen molar-refractivity contribution in [1.82, 2.24) is 26.2 Å². The number of benzene rings is 1. The number of alkyl carbamates (subject to hydrolysis) is 1. The average Bonchev–Trinajstić information content (AvgIpc) is 3.61. The lowest BCUT2D eigenvalue weighted by Crippen LogP contribution is -2.60.